The number of nitriles is 1. The molecule has 5 heteroatoms. The van der Waals surface area contributed by atoms with Crippen molar-refractivity contribution in [1.82, 2.24) is 0 Å². The van der Waals surface area contributed by atoms with E-state index in [1.54, 1.807) is 35.4 Å². The lowest BCUT2D eigenvalue weighted by Gasteiger charge is -2.14. The summed E-state index contributed by atoms with van der Waals surface area (Å²) in [5.74, 6) is -0.116. The van der Waals surface area contributed by atoms with Gasteiger partial charge in [0.15, 0.2) is 5.71 Å². The first kappa shape index (κ1) is 15.6. The zero-order valence-electron chi connectivity index (χ0n) is 13.3. The van der Waals surface area contributed by atoms with Crippen LogP contribution in [0.1, 0.15) is 30.0 Å². The van der Waals surface area contributed by atoms with Crippen LogP contribution in [0.15, 0.2) is 58.7 Å². The number of fused-ring (bicyclic) bond motifs is 1. The van der Waals surface area contributed by atoms with Crippen LogP contribution in [0.5, 0.6) is 0 Å². The number of hydrogen-bond donors (Lipinski definition) is 0. The molecule has 0 aliphatic carbocycles. The monoisotopic (exact) mass is 316 g/mol. The van der Waals surface area contributed by atoms with Crippen molar-refractivity contribution in [3.8, 4) is 6.07 Å². The maximum Gasteiger partial charge on any atom is 0.279 e. The summed E-state index contributed by atoms with van der Waals surface area (Å²) < 4.78 is 0. The van der Waals surface area contributed by atoms with Gasteiger partial charge in [0.25, 0.3) is 5.91 Å². The van der Waals surface area contributed by atoms with Gasteiger partial charge in [0, 0.05) is 12.1 Å². The van der Waals surface area contributed by atoms with Crippen molar-refractivity contribution >= 4 is 23.5 Å². The maximum absolute atomic E-state index is 12.6. The lowest BCUT2D eigenvalue weighted by atomic mass is 10.1. The maximum atomic E-state index is 12.6. The summed E-state index contributed by atoms with van der Waals surface area (Å²) >= 11 is 0. The smallest absolute Gasteiger partial charge is 0.279 e. The van der Waals surface area contributed by atoms with Crippen molar-refractivity contribution in [2.75, 3.05) is 11.4 Å². The molecular formula is C19H16N4O. The van der Waals surface area contributed by atoms with Crippen molar-refractivity contribution in [3.63, 3.8) is 0 Å². The zero-order valence-corrected chi connectivity index (χ0v) is 13.3. The highest BCUT2D eigenvalue weighted by atomic mass is 16.2. The fraction of sp³-hybridized carbons (Fsp3) is 0.158. The van der Waals surface area contributed by atoms with Crippen LogP contribution in [0.3, 0.4) is 0 Å². The molecule has 24 heavy (non-hydrogen) atoms. The molecule has 0 atom stereocenters. The third-order valence-corrected chi connectivity index (χ3v) is 3.75. The van der Waals surface area contributed by atoms with Crippen LogP contribution in [0.25, 0.3) is 0 Å². The van der Waals surface area contributed by atoms with Gasteiger partial charge in [-0.15, -0.1) is 5.10 Å². The van der Waals surface area contributed by atoms with Gasteiger partial charge in [-0.25, -0.2) is 0 Å². The van der Waals surface area contributed by atoms with Crippen LogP contribution in [0.4, 0.5) is 5.69 Å². The van der Waals surface area contributed by atoms with Crippen LogP contribution in [0.2, 0.25) is 0 Å². The molecule has 0 unspecified atom stereocenters. The molecule has 2 aromatic carbocycles. The van der Waals surface area contributed by atoms with Crippen molar-refractivity contribution in [3.05, 3.63) is 65.2 Å². The molecule has 0 spiro atoms. The highest BCUT2D eigenvalue weighted by Crippen LogP contribution is 2.29. The number of carbonyl (C=O) groups is 1. The van der Waals surface area contributed by atoms with Crippen LogP contribution >= 0.6 is 0 Å². The van der Waals surface area contributed by atoms with E-state index in [4.69, 9.17) is 5.26 Å². The lowest BCUT2D eigenvalue weighted by Crippen LogP contribution is -2.30. The second-order valence-corrected chi connectivity index (χ2v) is 5.40. The van der Waals surface area contributed by atoms with Crippen molar-refractivity contribution in [2.45, 2.75) is 13.3 Å². The third-order valence-electron chi connectivity index (χ3n) is 3.75. The first-order valence-electron chi connectivity index (χ1n) is 7.77. The van der Waals surface area contributed by atoms with Crippen molar-refractivity contribution in [1.29, 1.82) is 5.26 Å². The van der Waals surface area contributed by atoms with E-state index < -0.39 is 0 Å². The molecule has 2 aromatic rings. The summed E-state index contributed by atoms with van der Waals surface area (Å²) in [5, 5.41) is 17.0. The molecule has 1 aliphatic heterocycles. The second-order valence-electron chi connectivity index (χ2n) is 5.40. The van der Waals surface area contributed by atoms with Gasteiger partial charge >= 0.3 is 0 Å². The molecule has 0 saturated carbocycles. The van der Waals surface area contributed by atoms with Gasteiger partial charge in [0.1, 0.15) is 0 Å². The minimum absolute atomic E-state index is 0.116. The van der Waals surface area contributed by atoms with Crippen LogP contribution in [0, 0.1) is 11.3 Å². The molecule has 118 valence electrons. The molecule has 5 nitrogen and oxygen atoms in total. The Morgan fingerprint density at radius 1 is 1.17 bits per heavy atom. The number of nitrogens with zero attached hydrogens (tertiary/aromatic N) is 4. The number of rotatable bonds is 4. The third kappa shape index (κ3) is 2.95. The van der Waals surface area contributed by atoms with Crippen LogP contribution in [-0.4, -0.2) is 24.4 Å². The number of carbonyl (C=O) groups excluding carboxylic acids is 1. The van der Waals surface area contributed by atoms with Crippen molar-refractivity contribution in [2.24, 2.45) is 10.2 Å². The highest BCUT2D eigenvalue weighted by Gasteiger charge is 2.33. The van der Waals surface area contributed by atoms with Gasteiger partial charge in [-0.2, -0.15) is 10.4 Å². The minimum Gasteiger partial charge on any atom is -0.306 e. The van der Waals surface area contributed by atoms with Crippen molar-refractivity contribution < 1.29 is 4.79 Å². The van der Waals surface area contributed by atoms with E-state index in [0.717, 1.165) is 23.2 Å². The topological polar surface area (TPSA) is 68.8 Å². The Balaban J connectivity index is 1.88. The molecule has 0 N–H and O–H groups in total. The van der Waals surface area contributed by atoms with E-state index in [-0.39, 0.29) is 5.91 Å². The van der Waals surface area contributed by atoms with Gasteiger partial charge in [0.05, 0.1) is 23.5 Å². The predicted octanol–water partition coefficient (Wildman–Crippen LogP) is 3.14. The second kappa shape index (κ2) is 6.88. The lowest BCUT2D eigenvalue weighted by molar-refractivity contribution is -0.112. The summed E-state index contributed by atoms with van der Waals surface area (Å²) in [5.41, 5.74) is 3.48. The van der Waals surface area contributed by atoms with Crippen LogP contribution < -0.4 is 4.90 Å². The summed E-state index contributed by atoms with van der Waals surface area (Å²) in [6.45, 7) is 2.70. The number of amides is 1. The molecule has 3 rings (SSSR count). The Kier molecular flexibility index (Phi) is 4.48. The quantitative estimate of drug-likeness (QED) is 0.642. The Labute approximate surface area is 140 Å². The molecule has 0 saturated heterocycles. The average molecular weight is 316 g/mol. The number of hydrogen-bond acceptors (Lipinski definition) is 4. The number of benzene rings is 2. The van der Waals surface area contributed by atoms with Gasteiger partial charge in [-0.3, -0.25) is 4.79 Å². The summed E-state index contributed by atoms with van der Waals surface area (Å²) in [7, 11) is 0. The van der Waals surface area contributed by atoms with E-state index in [1.807, 2.05) is 31.2 Å². The number of para-hydroxylation sites is 1. The SMILES string of the molecule is CCCN1C(=O)/C(=N/N=C\c2ccc(C#N)cc2)c2ccccc21. The van der Waals surface area contributed by atoms with Gasteiger partial charge < -0.3 is 4.90 Å². The van der Waals surface area contributed by atoms with E-state index in [9.17, 15) is 4.79 Å². The number of anilines is 1. The Hall–Kier alpha value is -3.26. The summed E-state index contributed by atoms with van der Waals surface area (Å²) in [6, 6.07) is 16.7. The molecule has 1 amide bonds. The largest absolute Gasteiger partial charge is 0.306 e. The predicted molar refractivity (Wildman–Crippen MR) is 94.4 cm³/mol. The fourth-order valence-corrected chi connectivity index (χ4v) is 2.60. The molecule has 0 bridgehead atoms. The van der Waals surface area contributed by atoms with E-state index in [2.05, 4.69) is 16.3 Å². The van der Waals surface area contributed by atoms with Gasteiger partial charge in [0.2, 0.25) is 0 Å². The minimum atomic E-state index is -0.116. The molecule has 1 heterocycles. The van der Waals surface area contributed by atoms with Gasteiger partial charge in [-0.05, 0) is 30.2 Å². The summed E-state index contributed by atoms with van der Waals surface area (Å²) in [6.07, 6.45) is 2.45. The fourth-order valence-electron chi connectivity index (χ4n) is 2.60. The summed E-state index contributed by atoms with van der Waals surface area (Å²) in [4.78, 5) is 14.3. The Bertz CT molecular complexity index is 860. The highest BCUT2D eigenvalue weighted by molar-refractivity contribution is 6.54. The van der Waals surface area contributed by atoms with E-state index >= 15 is 0 Å². The standard InChI is InChI=1S/C19H16N4O/c1-2-11-23-17-6-4-3-5-16(17)18(19(23)24)22-21-13-15-9-7-14(12-20)8-10-15/h3-10,13H,2,11H2,1H3/b21-13-,22-18+. The van der Waals surface area contributed by atoms with E-state index in [1.165, 1.54) is 0 Å². The first-order chi connectivity index (χ1) is 11.7. The Morgan fingerprint density at radius 3 is 2.62 bits per heavy atom. The van der Waals surface area contributed by atoms with Crippen LogP contribution in [-0.2, 0) is 4.79 Å². The molecule has 1 aliphatic rings. The molecule has 0 aromatic heterocycles. The zero-order chi connectivity index (χ0) is 16.9. The van der Waals surface area contributed by atoms with Gasteiger partial charge in [-0.1, -0.05) is 37.3 Å². The molecule has 0 fully saturated rings. The molecule has 0 radical (unpaired) electrons. The first-order valence-corrected chi connectivity index (χ1v) is 7.77. The molecular weight excluding hydrogens is 300 g/mol. The Morgan fingerprint density at radius 2 is 1.92 bits per heavy atom. The average Bonchev–Trinajstić information content (AvgIpc) is 2.88. The van der Waals surface area contributed by atoms with E-state index in [0.29, 0.717) is 17.8 Å². The normalized spacial score (nSPS) is 15.1.